The Hall–Kier alpha value is -1.22. The molecule has 0 spiro atoms. The molecule has 6 fully saturated rings. The van der Waals surface area contributed by atoms with Crippen molar-refractivity contribution in [1.82, 2.24) is 9.80 Å². The second-order valence-electron chi connectivity index (χ2n) is 17.5. The zero-order valence-electron chi connectivity index (χ0n) is 28.6. The Balaban J connectivity index is 1.26. The van der Waals surface area contributed by atoms with Gasteiger partial charge in [0.2, 0.25) is 0 Å². The van der Waals surface area contributed by atoms with Gasteiger partial charge in [0, 0.05) is 57.5 Å². The highest BCUT2D eigenvalue weighted by molar-refractivity contribution is 5.66. The van der Waals surface area contributed by atoms with Gasteiger partial charge in [-0.25, -0.2) is 0 Å². The zero-order valence-corrected chi connectivity index (χ0v) is 28.6. The van der Waals surface area contributed by atoms with Gasteiger partial charge in [0.1, 0.15) is 12.2 Å². The molecule has 0 aromatic rings. The minimum absolute atomic E-state index is 0.00234. The van der Waals surface area contributed by atoms with Crippen LogP contribution in [0.5, 0.6) is 0 Å². The Morgan fingerprint density at radius 3 is 1.81 bits per heavy atom. The number of hydrogen-bond donors (Lipinski definition) is 0. The molecule has 0 aromatic carbocycles. The van der Waals surface area contributed by atoms with Crippen LogP contribution in [0.15, 0.2) is 0 Å². The summed E-state index contributed by atoms with van der Waals surface area (Å²) in [4.78, 5) is 30.2. The van der Waals surface area contributed by atoms with Crippen LogP contribution < -0.4 is 0 Å². The predicted octanol–water partition coefficient (Wildman–Crippen LogP) is 3.63. The first-order valence-electron chi connectivity index (χ1n) is 17.6. The lowest BCUT2D eigenvalue weighted by Crippen LogP contribution is -2.64. The molecule has 2 aliphatic heterocycles. The first-order chi connectivity index (χ1) is 20.1. The predicted molar refractivity (Wildman–Crippen MR) is 168 cm³/mol. The molecule has 8 nitrogen and oxygen atoms in total. The number of rotatable bonds is 4. The van der Waals surface area contributed by atoms with E-state index in [2.05, 4.69) is 51.8 Å². The summed E-state index contributed by atoms with van der Waals surface area (Å²) >= 11 is 0. The number of nitrogens with zero attached hydrogens (tertiary/aromatic N) is 4. The van der Waals surface area contributed by atoms with E-state index in [1.54, 1.807) is 13.8 Å². The van der Waals surface area contributed by atoms with Crippen LogP contribution in [-0.4, -0.2) is 136 Å². The summed E-state index contributed by atoms with van der Waals surface area (Å²) < 4.78 is 14.6. The molecule has 2 heterocycles. The van der Waals surface area contributed by atoms with E-state index in [0.717, 1.165) is 80.6 Å². The van der Waals surface area contributed by atoms with Crippen molar-refractivity contribution in [2.45, 2.75) is 96.9 Å². The third-order valence-electron chi connectivity index (χ3n) is 14.1. The Kier molecular flexibility index (Phi) is 8.30. The number of likely N-dealkylation sites (N-methyl/N-ethyl adjacent to an activating group) is 2. The summed E-state index contributed by atoms with van der Waals surface area (Å²) in [5, 5.41) is 0. The van der Waals surface area contributed by atoms with Crippen LogP contribution in [0.1, 0.15) is 72.6 Å². The number of quaternary nitrogens is 2. The largest absolute Gasteiger partial charge is 0.461 e. The van der Waals surface area contributed by atoms with E-state index in [4.69, 9.17) is 9.47 Å². The van der Waals surface area contributed by atoms with Gasteiger partial charge < -0.3 is 18.4 Å². The summed E-state index contributed by atoms with van der Waals surface area (Å²) in [6.07, 6.45) is 8.22. The molecule has 0 amide bonds. The Morgan fingerprint density at radius 2 is 1.26 bits per heavy atom. The third kappa shape index (κ3) is 5.81. The SMILES string of the molecule is CC(=O)OC1C[C@@H]2CC[C@@H]3[C@H](CC[C@@]4(C)[C@H]3C[C@H](N3CC[N+](C)(C)CC3)[C@@H]4OC(C)=O)C2(C)C[C@@H]1N1CC[N+](C)(C)CC1. The summed E-state index contributed by atoms with van der Waals surface area (Å²) in [6.45, 7) is 17.3. The minimum atomic E-state index is -0.123. The van der Waals surface area contributed by atoms with Crippen molar-refractivity contribution in [3.05, 3.63) is 0 Å². The number of carbonyl (C=O) groups excluding carboxylic acids is 2. The van der Waals surface area contributed by atoms with E-state index in [-0.39, 0.29) is 35.0 Å². The maximum absolute atomic E-state index is 12.5. The lowest BCUT2D eigenvalue weighted by Gasteiger charge is -2.62. The molecule has 6 rings (SSSR count). The molecule has 6 aliphatic rings. The summed E-state index contributed by atoms with van der Waals surface area (Å²) in [7, 11) is 9.36. The molecule has 8 heteroatoms. The molecule has 0 N–H and O–H groups in total. The summed E-state index contributed by atoms with van der Waals surface area (Å²) in [5.74, 6) is 2.35. The second-order valence-corrected chi connectivity index (χ2v) is 17.5. The molecule has 4 aliphatic carbocycles. The minimum Gasteiger partial charge on any atom is -0.461 e. The lowest BCUT2D eigenvalue weighted by atomic mass is 9.44. The van der Waals surface area contributed by atoms with Gasteiger partial charge in [-0.1, -0.05) is 13.8 Å². The second kappa shape index (κ2) is 11.2. The molecule has 244 valence electrons. The fraction of sp³-hybridized carbons (Fsp3) is 0.943. The standard InChI is InChI=1S/C35H62N4O4/c1-24(40)42-32-21-26-9-10-27-28(35(26,4)23-31(32)37-15-19-39(7,8)20-16-37)11-12-34(3)29(27)22-30(33(34)43-25(2)41)36-13-17-38(5,6)18-14-36/h26-33H,9-23H2,1-8H3/q+2/t26-,27+,28-,29-,30-,31-,32?,33-,34-,35?/m0/s1. The number of piperazine rings is 2. The average Bonchev–Trinajstić information content (AvgIpc) is 3.20. The van der Waals surface area contributed by atoms with Crippen LogP contribution >= 0.6 is 0 Å². The van der Waals surface area contributed by atoms with Gasteiger partial charge in [-0.2, -0.15) is 0 Å². The van der Waals surface area contributed by atoms with E-state index in [1.807, 2.05) is 0 Å². The fourth-order valence-electron chi connectivity index (χ4n) is 11.4. The monoisotopic (exact) mass is 602 g/mol. The topological polar surface area (TPSA) is 59.1 Å². The van der Waals surface area contributed by atoms with Gasteiger partial charge in [0.25, 0.3) is 0 Å². The van der Waals surface area contributed by atoms with E-state index in [9.17, 15) is 9.59 Å². The normalized spacial score (nSPS) is 46.2. The fourth-order valence-corrected chi connectivity index (χ4v) is 11.4. The van der Waals surface area contributed by atoms with Crippen LogP contribution in [0.4, 0.5) is 0 Å². The molecule has 4 saturated carbocycles. The molecule has 2 saturated heterocycles. The molecule has 43 heavy (non-hydrogen) atoms. The molecule has 0 radical (unpaired) electrons. The average molecular weight is 603 g/mol. The highest BCUT2D eigenvalue weighted by Gasteiger charge is 2.65. The van der Waals surface area contributed by atoms with Crippen LogP contribution in [-0.2, 0) is 19.1 Å². The summed E-state index contributed by atoms with van der Waals surface area (Å²) in [6, 6.07) is 0.656. The van der Waals surface area contributed by atoms with Crippen molar-refractivity contribution in [3.8, 4) is 0 Å². The van der Waals surface area contributed by atoms with E-state index >= 15 is 0 Å². The van der Waals surface area contributed by atoms with Gasteiger partial charge in [0.05, 0.1) is 54.4 Å². The molecule has 2 unspecified atom stereocenters. The van der Waals surface area contributed by atoms with E-state index in [1.165, 1.54) is 25.7 Å². The van der Waals surface area contributed by atoms with Crippen molar-refractivity contribution in [1.29, 1.82) is 0 Å². The van der Waals surface area contributed by atoms with Crippen LogP contribution in [0.2, 0.25) is 0 Å². The lowest BCUT2D eigenvalue weighted by molar-refractivity contribution is -0.894. The van der Waals surface area contributed by atoms with Crippen LogP contribution in [0, 0.1) is 34.5 Å². The van der Waals surface area contributed by atoms with Crippen LogP contribution in [0.3, 0.4) is 0 Å². The smallest absolute Gasteiger partial charge is 0.302 e. The van der Waals surface area contributed by atoms with Gasteiger partial charge in [-0.15, -0.1) is 0 Å². The Labute approximate surface area is 261 Å². The van der Waals surface area contributed by atoms with Gasteiger partial charge in [-0.05, 0) is 74.0 Å². The van der Waals surface area contributed by atoms with Gasteiger partial charge >= 0.3 is 11.9 Å². The Morgan fingerprint density at radius 1 is 0.698 bits per heavy atom. The molecule has 0 bridgehead atoms. The van der Waals surface area contributed by atoms with Crippen molar-refractivity contribution < 1.29 is 28.0 Å². The van der Waals surface area contributed by atoms with E-state index in [0.29, 0.717) is 35.8 Å². The molecular weight excluding hydrogens is 540 g/mol. The van der Waals surface area contributed by atoms with Crippen LogP contribution in [0.25, 0.3) is 0 Å². The molecule has 0 aromatic heterocycles. The number of ether oxygens (including phenoxy) is 2. The number of fused-ring (bicyclic) bond motifs is 5. The van der Waals surface area contributed by atoms with Crippen molar-refractivity contribution in [2.24, 2.45) is 34.5 Å². The first-order valence-corrected chi connectivity index (χ1v) is 17.6. The number of esters is 2. The maximum atomic E-state index is 12.5. The summed E-state index contributed by atoms with van der Waals surface area (Å²) in [5.41, 5.74) is 0.308. The highest BCUT2D eigenvalue weighted by Crippen LogP contribution is 2.67. The van der Waals surface area contributed by atoms with Crippen molar-refractivity contribution in [2.75, 3.05) is 80.5 Å². The van der Waals surface area contributed by atoms with Crippen molar-refractivity contribution in [3.63, 3.8) is 0 Å². The zero-order chi connectivity index (χ0) is 30.9. The van der Waals surface area contributed by atoms with Crippen molar-refractivity contribution >= 4 is 11.9 Å². The number of carbonyl (C=O) groups is 2. The third-order valence-corrected chi connectivity index (χ3v) is 14.1. The molecule has 10 atom stereocenters. The quantitative estimate of drug-likeness (QED) is 0.362. The highest BCUT2D eigenvalue weighted by atomic mass is 16.5. The number of hydrogen-bond acceptors (Lipinski definition) is 6. The van der Waals surface area contributed by atoms with E-state index < -0.39 is 0 Å². The first kappa shape index (κ1) is 31.7. The maximum Gasteiger partial charge on any atom is 0.302 e. The van der Waals surface area contributed by atoms with Gasteiger partial charge in [-0.3, -0.25) is 19.4 Å². The van der Waals surface area contributed by atoms with Gasteiger partial charge in [0.15, 0.2) is 0 Å². The molecular formula is C35H62N4O4+2. The Bertz CT molecular complexity index is 1060.